The summed E-state index contributed by atoms with van der Waals surface area (Å²) >= 11 is 5.86. The summed E-state index contributed by atoms with van der Waals surface area (Å²) < 4.78 is 5.16. The summed E-state index contributed by atoms with van der Waals surface area (Å²) in [5.74, 6) is -0.744. The van der Waals surface area contributed by atoms with Gasteiger partial charge < -0.3 is 4.74 Å². The number of esters is 1. The second kappa shape index (κ2) is 4.26. The lowest BCUT2D eigenvalue weighted by molar-refractivity contribution is -0.141. The number of carbonyl (C=O) groups excluding carboxylic acids is 2. The lowest BCUT2D eigenvalue weighted by atomic mass is 9.92. The minimum Gasteiger partial charge on any atom is -0.457 e. The Morgan fingerprint density at radius 1 is 1.50 bits per heavy atom. The van der Waals surface area contributed by atoms with E-state index < -0.39 is 6.10 Å². The van der Waals surface area contributed by atoms with Crippen molar-refractivity contribution in [3.63, 3.8) is 0 Å². The zero-order valence-corrected chi connectivity index (χ0v) is 9.53. The number of ether oxygens (including phenoxy) is 1. The number of hydrogen-bond donors (Lipinski definition) is 0. The molecule has 1 aromatic carbocycles. The maximum atomic E-state index is 11.4. The summed E-state index contributed by atoms with van der Waals surface area (Å²) in [6, 6.07) is 7.05. The van der Waals surface area contributed by atoms with E-state index in [9.17, 15) is 9.59 Å². The third-order valence-electron chi connectivity index (χ3n) is 2.71. The van der Waals surface area contributed by atoms with Crippen LogP contribution in [0.15, 0.2) is 24.3 Å². The van der Waals surface area contributed by atoms with E-state index >= 15 is 0 Å². The maximum Gasteiger partial charge on any atom is 0.307 e. The largest absolute Gasteiger partial charge is 0.457 e. The van der Waals surface area contributed by atoms with E-state index in [1.54, 1.807) is 18.2 Å². The molecule has 1 aliphatic rings. The van der Waals surface area contributed by atoms with Gasteiger partial charge in [0.15, 0.2) is 0 Å². The minimum absolute atomic E-state index is 0.0316. The lowest BCUT2D eigenvalue weighted by Crippen LogP contribution is -2.15. The fourth-order valence-corrected chi connectivity index (χ4v) is 2.10. The molecule has 2 rings (SSSR count). The van der Waals surface area contributed by atoms with Crippen molar-refractivity contribution in [1.29, 1.82) is 0 Å². The summed E-state index contributed by atoms with van der Waals surface area (Å²) in [5, 5.41) is 0.572. The van der Waals surface area contributed by atoms with Crippen molar-refractivity contribution in [3.05, 3.63) is 34.9 Å². The molecule has 0 unspecified atom stereocenters. The Bertz CT molecular complexity index is 442. The van der Waals surface area contributed by atoms with Gasteiger partial charge in [-0.3, -0.25) is 9.59 Å². The smallest absolute Gasteiger partial charge is 0.307 e. The maximum absolute atomic E-state index is 11.4. The molecule has 1 fully saturated rings. The predicted molar refractivity (Wildman–Crippen MR) is 59.1 cm³/mol. The van der Waals surface area contributed by atoms with E-state index in [4.69, 9.17) is 16.3 Å². The van der Waals surface area contributed by atoms with Crippen LogP contribution < -0.4 is 0 Å². The van der Waals surface area contributed by atoms with Crippen molar-refractivity contribution < 1.29 is 14.3 Å². The Balaban J connectivity index is 2.32. The average Bonchev–Trinajstić information content (AvgIpc) is 2.60. The van der Waals surface area contributed by atoms with Gasteiger partial charge in [0.25, 0.3) is 0 Å². The van der Waals surface area contributed by atoms with Gasteiger partial charge in [-0.05, 0) is 24.6 Å². The molecule has 1 aliphatic heterocycles. The van der Waals surface area contributed by atoms with Gasteiger partial charge in [0.2, 0.25) is 0 Å². The zero-order chi connectivity index (χ0) is 11.7. The fourth-order valence-electron chi connectivity index (χ4n) is 1.90. The molecule has 0 bridgehead atoms. The fraction of sp³-hybridized carbons (Fsp3) is 0.333. The lowest BCUT2D eigenvalue weighted by Gasteiger charge is -2.15. The second-order valence-electron chi connectivity index (χ2n) is 3.89. The third kappa shape index (κ3) is 2.09. The van der Waals surface area contributed by atoms with Crippen LogP contribution in [0.2, 0.25) is 5.02 Å². The Morgan fingerprint density at radius 3 is 2.88 bits per heavy atom. The van der Waals surface area contributed by atoms with E-state index in [0.29, 0.717) is 5.02 Å². The van der Waals surface area contributed by atoms with Gasteiger partial charge in [0.05, 0.1) is 12.3 Å². The molecule has 0 spiro atoms. The summed E-state index contributed by atoms with van der Waals surface area (Å²) in [4.78, 5) is 22.6. The average molecular weight is 239 g/mol. The molecule has 1 heterocycles. The highest BCUT2D eigenvalue weighted by atomic mass is 35.5. The molecular formula is C12H11ClO3. The topological polar surface area (TPSA) is 43.4 Å². The summed E-state index contributed by atoms with van der Waals surface area (Å²) in [6.45, 7) is 1.48. The molecule has 4 heteroatoms. The zero-order valence-electron chi connectivity index (χ0n) is 8.77. The van der Waals surface area contributed by atoms with Gasteiger partial charge in [-0.15, -0.1) is 0 Å². The standard InChI is InChI=1S/C12H11ClO3/c1-7(14)10-6-11(15)16-12(10)8-3-2-4-9(13)5-8/h2-5,10,12H,6H2,1H3/t10-,12-/m1/s1. The molecule has 2 atom stereocenters. The van der Waals surface area contributed by atoms with Crippen LogP contribution in [-0.4, -0.2) is 11.8 Å². The number of halogens is 1. The molecule has 0 saturated carbocycles. The van der Waals surface area contributed by atoms with Gasteiger partial charge in [0, 0.05) is 5.02 Å². The first-order valence-corrected chi connectivity index (χ1v) is 5.41. The summed E-state index contributed by atoms with van der Waals surface area (Å²) in [5.41, 5.74) is 0.776. The first-order valence-electron chi connectivity index (χ1n) is 5.03. The molecule has 0 N–H and O–H groups in total. The Labute approximate surface area is 98.4 Å². The highest BCUT2D eigenvalue weighted by Gasteiger charge is 2.38. The first kappa shape index (κ1) is 11.1. The van der Waals surface area contributed by atoms with Crippen LogP contribution in [0.1, 0.15) is 25.0 Å². The van der Waals surface area contributed by atoms with E-state index in [1.165, 1.54) is 6.92 Å². The van der Waals surface area contributed by atoms with Crippen molar-refractivity contribution in [3.8, 4) is 0 Å². The quantitative estimate of drug-likeness (QED) is 0.744. The number of rotatable bonds is 2. The molecule has 0 radical (unpaired) electrons. The number of cyclic esters (lactones) is 1. The van der Waals surface area contributed by atoms with Crippen LogP contribution in [0.4, 0.5) is 0 Å². The van der Waals surface area contributed by atoms with E-state index in [1.807, 2.05) is 6.07 Å². The molecule has 0 aliphatic carbocycles. The van der Waals surface area contributed by atoms with Crippen LogP contribution in [0.5, 0.6) is 0 Å². The molecule has 1 aromatic rings. The number of carbonyl (C=O) groups is 2. The van der Waals surface area contributed by atoms with Crippen LogP contribution in [0, 0.1) is 5.92 Å². The van der Waals surface area contributed by atoms with Crippen molar-refractivity contribution in [2.75, 3.05) is 0 Å². The van der Waals surface area contributed by atoms with Gasteiger partial charge in [-0.1, -0.05) is 23.7 Å². The van der Waals surface area contributed by atoms with Crippen molar-refractivity contribution in [2.24, 2.45) is 5.92 Å². The first-order chi connectivity index (χ1) is 7.58. The van der Waals surface area contributed by atoms with Crippen LogP contribution >= 0.6 is 11.6 Å². The van der Waals surface area contributed by atoms with Crippen molar-refractivity contribution >= 4 is 23.4 Å². The monoisotopic (exact) mass is 238 g/mol. The highest BCUT2D eigenvalue weighted by molar-refractivity contribution is 6.30. The summed E-state index contributed by atoms with van der Waals surface area (Å²) in [6.07, 6.45) is -0.323. The second-order valence-corrected chi connectivity index (χ2v) is 4.32. The molecule has 3 nitrogen and oxygen atoms in total. The highest BCUT2D eigenvalue weighted by Crippen LogP contribution is 2.36. The molecule has 0 aromatic heterocycles. The molecule has 1 saturated heterocycles. The molecular weight excluding hydrogens is 228 g/mol. The number of ketones is 1. The van der Waals surface area contributed by atoms with Gasteiger partial charge in [-0.25, -0.2) is 0 Å². The van der Waals surface area contributed by atoms with Gasteiger partial charge in [-0.2, -0.15) is 0 Å². The van der Waals surface area contributed by atoms with Crippen molar-refractivity contribution in [1.82, 2.24) is 0 Å². The van der Waals surface area contributed by atoms with Gasteiger partial charge >= 0.3 is 5.97 Å². The third-order valence-corrected chi connectivity index (χ3v) is 2.94. The van der Waals surface area contributed by atoms with Crippen LogP contribution in [0.25, 0.3) is 0 Å². The number of benzene rings is 1. The van der Waals surface area contributed by atoms with Crippen LogP contribution in [-0.2, 0) is 14.3 Å². The Hall–Kier alpha value is -1.35. The molecule has 84 valence electrons. The molecule has 16 heavy (non-hydrogen) atoms. The molecule has 0 amide bonds. The normalized spacial score (nSPS) is 24.2. The summed E-state index contributed by atoms with van der Waals surface area (Å²) in [7, 11) is 0. The van der Waals surface area contributed by atoms with E-state index in [0.717, 1.165) is 5.56 Å². The van der Waals surface area contributed by atoms with E-state index in [-0.39, 0.29) is 24.1 Å². The van der Waals surface area contributed by atoms with Gasteiger partial charge in [0.1, 0.15) is 11.9 Å². The van der Waals surface area contributed by atoms with Crippen molar-refractivity contribution in [2.45, 2.75) is 19.4 Å². The number of Topliss-reactive ketones (excluding diaryl/α,β-unsaturated/α-hetero) is 1. The Kier molecular flexibility index (Phi) is 2.97. The minimum atomic E-state index is -0.483. The van der Waals surface area contributed by atoms with Crippen LogP contribution in [0.3, 0.4) is 0 Å². The SMILES string of the molecule is CC(=O)[C@H]1CC(=O)O[C@@H]1c1cccc(Cl)c1. The predicted octanol–water partition coefficient (Wildman–Crippen LogP) is 2.53. The Morgan fingerprint density at radius 2 is 2.25 bits per heavy atom. The number of hydrogen-bond acceptors (Lipinski definition) is 3. The van der Waals surface area contributed by atoms with E-state index in [2.05, 4.69) is 0 Å².